The molecule has 7 nitrogen and oxygen atoms in total. The van der Waals surface area contributed by atoms with E-state index in [2.05, 4.69) is 10.3 Å². The van der Waals surface area contributed by atoms with Crippen LogP contribution in [0, 0.1) is 0 Å². The minimum Gasteiger partial charge on any atom is -0.497 e. The number of fused-ring (bicyclic) bond motifs is 2. The molecule has 1 unspecified atom stereocenters. The normalized spacial score (nSPS) is 13.3. The summed E-state index contributed by atoms with van der Waals surface area (Å²) in [6, 6.07) is 19.4. The summed E-state index contributed by atoms with van der Waals surface area (Å²) in [6.07, 6.45) is 2.23. The Morgan fingerprint density at radius 1 is 1.00 bits per heavy atom. The number of carbonyl (C=O) groups excluding carboxylic acids is 1. The summed E-state index contributed by atoms with van der Waals surface area (Å²) in [5, 5.41) is 4.03. The third-order valence-electron chi connectivity index (χ3n) is 6.30. The third kappa shape index (κ3) is 4.75. The third-order valence-corrected chi connectivity index (χ3v) is 6.30. The number of methoxy groups -OCH3 is 2. The molecule has 180 valence electrons. The van der Waals surface area contributed by atoms with Crippen LogP contribution >= 0.6 is 0 Å². The molecule has 0 bridgehead atoms. The maximum atomic E-state index is 13.2. The van der Waals surface area contributed by atoms with Gasteiger partial charge in [-0.1, -0.05) is 24.3 Å². The van der Waals surface area contributed by atoms with Crippen LogP contribution in [-0.2, 0) is 11.3 Å². The quantitative estimate of drug-likeness (QED) is 0.385. The molecule has 0 radical (unpaired) electrons. The first kappa shape index (κ1) is 22.7. The van der Waals surface area contributed by atoms with Gasteiger partial charge in [-0.25, -0.2) is 0 Å². The Hall–Kier alpha value is -4.13. The second-order valence-electron chi connectivity index (χ2n) is 8.41. The Labute approximate surface area is 204 Å². The molecule has 35 heavy (non-hydrogen) atoms. The molecule has 3 aromatic carbocycles. The number of carbonyl (C=O) groups is 1. The average Bonchev–Trinajstić information content (AvgIpc) is 3.35. The zero-order valence-corrected chi connectivity index (χ0v) is 19.8. The number of aromatic amines is 1. The lowest BCUT2D eigenvalue weighted by Gasteiger charge is -2.22. The van der Waals surface area contributed by atoms with Crippen LogP contribution in [0.15, 0.2) is 66.9 Å². The van der Waals surface area contributed by atoms with E-state index in [1.165, 1.54) is 0 Å². The number of hydrogen-bond donors (Lipinski definition) is 2. The van der Waals surface area contributed by atoms with E-state index in [-0.39, 0.29) is 18.2 Å². The Balaban J connectivity index is 1.45. The van der Waals surface area contributed by atoms with Crippen molar-refractivity contribution in [1.29, 1.82) is 0 Å². The smallest absolute Gasteiger partial charge is 0.221 e. The minimum atomic E-state index is -0.216. The van der Waals surface area contributed by atoms with Crippen molar-refractivity contribution in [3.63, 3.8) is 0 Å². The maximum Gasteiger partial charge on any atom is 0.221 e. The predicted octanol–water partition coefficient (Wildman–Crippen LogP) is 4.79. The maximum absolute atomic E-state index is 13.2. The topological polar surface area (TPSA) is 81.8 Å². The highest BCUT2D eigenvalue weighted by Crippen LogP contribution is 2.41. The molecular weight excluding hydrogens is 444 g/mol. The van der Waals surface area contributed by atoms with Crippen LogP contribution < -0.4 is 24.3 Å². The summed E-state index contributed by atoms with van der Waals surface area (Å²) in [6.45, 7) is 1.47. The fourth-order valence-corrected chi connectivity index (χ4v) is 4.51. The highest BCUT2D eigenvalue weighted by molar-refractivity contribution is 5.91. The molecule has 1 atom stereocenters. The molecule has 7 heteroatoms. The van der Waals surface area contributed by atoms with Gasteiger partial charge in [-0.15, -0.1) is 0 Å². The molecule has 1 aliphatic rings. The van der Waals surface area contributed by atoms with E-state index in [1.807, 2.05) is 66.9 Å². The summed E-state index contributed by atoms with van der Waals surface area (Å²) in [7, 11) is 3.29. The molecule has 5 rings (SSSR count). The van der Waals surface area contributed by atoms with Crippen molar-refractivity contribution in [1.82, 2.24) is 10.3 Å². The molecule has 1 aliphatic heterocycles. The average molecular weight is 473 g/mol. The number of hydrogen-bond acceptors (Lipinski definition) is 5. The molecule has 2 N–H and O–H groups in total. The largest absolute Gasteiger partial charge is 0.497 e. The van der Waals surface area contributed by atoms with E-state index in [1.54, 1.807) is 14.2 Å². The van der Waals surface area contributed by atoms with Crippen LogP contribution in [0.2, 0.25) is 0 Å². The lowest BCUT2D eigenvalue weighted by molar-refractivity contribution is -0.121. The van der Waals surface area contributed by atoms with Crippen molar-refractivity contribution in [3.8, 4) is 23.0 Å². The predicted molar refractivity (Wildman–Crippen MR) is 134 cm³/mol. The van der Waals surface area contributed by atoms with Crippen LogP contribution in [0.1, 0.15) is 29.0 Å². The van der Waals surface area contributed by atoms with Gasteiger partial charge in [0.15, 0.2) is 11.5 Å². The Morgan fingerprint density at radius 3 is 2.57 bits per heavy atom. The van der Waals surface area contributed by atoms with Crippen LogP contribution in [0.5, 0.6) is 23.0 Å². The Kier molecular flexibility index (Phi) is 6.48. The van der Waals surface area contributed by atoms with E-state index in [0.717, 1.165) is 44.8 Å². The lowest BCUT2D eigenvalue weighted by atomic mass is 9.87. The second-order valence-corrected chi connectivity index (χ2v) is 8.41. The zero-order chi connectivity index (χ0) is 24.2. The molecule has 0 fully saturated rings. The zero-order valence-electron chi connectivity index (χ0n) is 19.8. The van der Waals surface area contributed by atoms with Gasteiger partial charge >= 0.3 is 0 Å². The first-order valence-electron chi connectivity index (χ1n) is 11.6. The van der Waals surface area contributed by atoms with E-state index < -0.39 is 0 Å². The molecule has 1 amide bonds. The standard InChI is InChI=1S/C28H28N2O5/c1-32-20-9-6-18(7-10-20)16-30-27(31)15-21(19-8-11-24-26(14-19)35-13-12-34-24)22-17-29-23-4-3-5-25(33-2)28(22)23/h3-11,14,17,21,29H,12-13,15-16H2,1-2H3,(H,30,31). The number of rotatable bonds is 8. The van der Waals surface area contributed by atoms with Gasteiger partial charge in [0.25, 0.3) is 0 Å². The van der Waals surface area contributed by atoms with Crippen LogP contribution in [0.25, 0.3) is 10.9 Å². The van der Waals surface area contributed by atoms with E-state index in [9.17, 15) is 4.79 Å². The summed E-state index contributed by atoms with van der Waals surface area (Å²) in [5.74, 6) is 2.70. The van der Waals surface area contributed by atoms with Crippen molar-refractivity contribution in [3.05, 3.63) is 83.6 Å². The summed E-state index contributed by atoms with van der Waals surface area (Å²) >= 11 is 0. The monoisotopic (exact) mass is 472 g/mol. The number of amides is 1. The van der Waals surface area contributed by atoms with Crippen molar-refractivity contribution < 1.29 is 23.7 Å². The van der Waals surface area contributed by atoms with Gasteiger partial charge < -0.3 is 29.2 Å². The second kappa shape index (κ2) is 10.0. The fraction of sp³-hybridized carbons (Fsp3) is 0.250. The molecule has 0 aliphatic carbocycles. The molecule has 0 spiro atoms. The molecule has 0 saturated carbocycles. The molecule has 4 aromatic rings. The van der Waals surface area contributed by atoms with Crippen LogP contribution in [0.4, 0.5) is 0 Å². The van der Waals surface area contributed by atoms with Crippen molar-refractivity contribution in [2.45, 2.75) is 18.9 Å². The van der Waals surface area contributed by atoms with Crippen molar-refractivity contribution >= 4 is 16.8 Å². The van der Waals surface area contributed by atoms with Gasteiger partial charge in [0.1, 0.15) is 24.7 Å². The van der Waals surface area contributed by atoms with Gasteiger partial charge in [-0.2, -0.15) is 0 Å². The number of H-pyrrole nitrogens is 1. The molecule has 1 aromatic heterocycles. The highest BCUT2D eigenvalue weighted by atomic mass is 16.6. The van der Waals surface area contributed by atoms with E-state index in [0.29, 0.717) is 25.5 Å². The summed E-state index contributed by atoms with van der Waals surface area (Å²) < 4.78 is 22.4. The lowest BCUT2D eigenvalue weighted by Crippen LogP contribution is -2.25. The molecule has 2 heterocycles. The fourth-order valence-electron chi connectivity index (χ4n) is 4.51. The number of ether oxygens (including phenoxy) is 4. The van der Waals surface area contributed by atoms with Gasteiger partial charge in [0.2, 0.25) is 5.91 Å². The first-order valence-corrected chi connectivity index (χ1v) is 11.6. The van der Waals surface area contributed by atoms with Gasteiger partial charge in [-0.05, 0) is 53.1 Å². The minimum absolute atomic E-state index is 0.0510. The SMILES string of the molecule is COc1ccc(CNC(=O)CC(c2ccc3c(c2)OCCO3)c2c[nH]c3cccc(OC)c23)cc1. The summed E-state index contributed by atoms with van der Waals surface area (Å²) in [5.41, 5.74) is 3.93. The van der Waals surface area contributed by atoms with E-state index >= 15 is 0 Å². The van der Waals surface area contributed by atoms with Gasteiger partial charge in [-0.3, -0.25) is 4.79 Å². The van der Waals surface area contributed by atoms with Gasteiger partial charge in [0.05, 0.1) is 14.2 Å². The molecule has 0 saturated heterocycles. The number of benzene rings is 3. The first-order chi connectivity index (χ1) is 17.2. The highest BCUT2D eigenvalue weighted by Gasteiger charge is 2.25. The number of nitrogens with one attached hydrogen (secondary N) is 2. The Morgan fingerprint density at radius 2 is 1.80 bits per heavy atom. The molecular formula is C28H28N2O5. The van der Waals surface area contributed by atoms with Crippen molar-refractivity contribution in [2.24, 2.45) is 0 Å². The van der Waals surface area contributed by atoms with Crippen LogP contribution in [0.3, 0.4) is 0 Å². The van der Waals surface area contributed by atoms with Gasteiger partial charge in [0, 0.05) is 36.0 Å². The van der Waals surface area contributed by atoms with Crippen LogP contribution in [-0.4, -0.2) is 38.3 Å². The Bertz CT molecular complexity index is 1330. The van der Waals surface area contributed by atoms with E-state index in [4.69, 9.17) is 18.9 Å². The summed E-state index contributed by atoms with van der Waals surface area (Å²) in [4.78, 5) is 16.5. The van der Waals surface area contributed by atoms with Crippen molar-refractivity contribution in [2.75, 3.05) is 27.4 Å². The number of aromatic nitrogens is 1.